The molecule has 0 saturated carbocycles. The van der Waals surface area contributed by atoms with E-state index in [1.807, 2.05) is 0 Å². The largest absolute Gasteiger partial charge is 0.409 e. The maximum atomic E-state index is 8.50. The highest BCUT2D eigenvalue weighted by atomic mass is 16.4. The molecule has 3 N–H and O–H groups in total. The molecule has 0 aromatic carbocycles. The van der Waals surface area contributed by atoms with Gasteiger partial charge in [-0.05, 0) is 39.1 Å². The molecule has 0 unspecified atom stereocenters. The fraction of sp³-hybridized carbons (Fsp3) is 0.909. The van der Waals surface area contributed by atoms with Gasteiger partial charge in [0.1, 0.15) is 0 Å². The third-order valence-corrected chi connectivity index (χ3v) is 2.80. The topological polar surface area (TPSA) is 65.1 Å². The van der Waals surface area contributed by atoms with Crippen LogP contribution in [0.5, 0.6) is 0 Å². The molecule has 0 aromatic rings. The zero-order valence-electron chi connectivity index (χ0n) is 10.8. The molecule has 16 heavy (non-hydrogen) atoms. The van der Waals surface area contributed by atoms with Crippen molar-refractivity contribution in [3.63, 3.8) is 0 Å². The number of nitrogens with two attached hydrogens (primary N) is 1. The Balaban J connectivity index is 3.78. The van der Waals surface area contributed by atoms with Crippen molar-refractivity contribution in [2.75, 3.05) is 39.3 Å². The molecule has 0 rings (SSSR count). The molecular formula is C11H26N4O. The quantitative estimate of drug-likeness (QED) is 0.266. The highest BCUT2D eigenvalue weighted by Crippen LogP contribution is 1.95. The van der Waals surface area contributed by atoms with E-state index >= 15 is 0 Å². The molecule has 0 radical (unpaired) electrons. The van der Waals surface area contributed by atoms with Crippen LogP contribution in [-0.2, 0) is 0 Å². The molecule has 0 heterocycles. The third kappa shape index (κ3) is 6.63. The molecule has 5 heteroatoms. The smallest absolute Gasteiger partial charge is 0.153 e. The first-order valence-electron chi connectivity index (χ1n) is 6.08. The van der Waals surface area contributed by atoms with Crippen LogP contribution in [0.2, 0.25) is 0 Å². The van der Waals surface area contributed by atoms with Crippen LogP contribution in [0.25, 0.3) is 0 Å². The van der Waals surface area contributed by atoms with Crippen LogP contribution in [0.1, 0.15) is 27.2 Å². The van der Waals surface area contributed by atoms with E-state index in [0.29, 0.717) is 6.54 Å². The summed E-state index contributed by atoms with van der Waals surface area (Å²) in [5.74, 6) is 0.282. The predicted molar refractivity (Wildman–Crippen MR) is 67.9 cm³/mol. The van der Waals surface area contributed by atoms with E-state index in [9.17, 15) is 0 Å². The Labute approximate surface area is 98.9 Å². The standard InChI is InChI=1S/C11H26N4O/c1-4-14(5-2)8-7-9-15(6-3)10-11(12)13-16/h16H,4-10H2,1-3H3,(H2,12,13). The van der Waals surface area contributed by atoms with Crippen molar-refractivity contribution in [3.8, 4) is 0 Å². The molecule has 0 bridgehead atoms. The second kappa shape index (κ2) is 9.42. The minimum atomic E-state index is 0.282. The number of hydrogen-bond acceptors (Lipinski definition) is 4. The fourth-order valence-electron chi connectivity index (χ4n) is 1.67. The summed E-state index contributed by atoms with van der Waals surface area (Å²) in [5, 5.41) is 11.5. The van der Waals surface area contributed by atoms with Crippen molar-refractivity contribution in [3.05, 3.63) is 0 Å². The Hall–Kier alpha value is -0.810. The summed E-state index contributed by atoms with van der Waals surface area (Å²) in [4.78, 5) is 4.58. The molecule has 0 fully saturated rings. The van der Waals surface area contributed by atoms with Crippen LogP contribution in [0.15, 0.2) is 5.16 Å². The molecule has 0 saturated heterocycles. The van der Waals surface area contributed by atoms with E-state index in [-0.39, 0.29) is 5.84 Å². The molecule has 0 atom stereocenters. The van der Waals surface area contributed by atoms with E-state index < -0.39 is 0 Å². The number of hydrogen-bond donors (Lipinski definition) is 2. The molecule has 0 aliphatic heterocycles. The van der Waals surface area contributed by atoms with Gasteiger partial charge in [0.05, 0.1) is 6.54 Å². The van der Waals surface area contributed by atoms with E-state index in [2.05, 4.69) is 35.7 Å². The Morgan fingerprint density at radius 1 is 1.06 bits per heavy atom. The first-order chi connectivity index (χ1) is 7.67. The Morgan fingerprint density at radius 3 is 2.00 bits per heavy atom. The van der Waals surface area contributed by atoms with E-state index in [4.69, 9.17) is 10.9 Å². The number of nitrogens with zero attached hydrogens (tertiary/aromatic N) is 3. The van der Waals surface area contributed by atoms with Crippen LogP contribution in [0.4, 0.5) is 0 Å². The van der Waals surface area contributed by atoms with Gasteiger partial charge >= 0.3 is 0 Å². The summed E-state index contributed by atoms with van der Waals surface area (Å²) in [6, 6.07) is 0. The number of rotatable bonds is 9. The summed E-state index contributed by atoms with van der Waals surface area (Å²) in [5.41, 5.74) is 5.48. The van der Waals surface area contributed by atoms with Gasteiger partial charge < -0.3 is 15.8 Å². The molecule has 0 aromatic heterocycles. The van der Waals surface area contributed by atoms with Gasteiger partial charge in [0.15, 0.2) is 5.84 Å². The average Bonchev–Trinajstić information content (AvgIpc) is 2.32. The molecule has 5 nitrogen and oxygen atoms in total. The molecule has 0 spiro atoms. The van der Waals surface area contributed by atoms with Crippen LogP contribution >= 0.6 is 0 Å². The van der Waals surface area contributed by atoms with Gasteiger partial charge in [0.2, 0.25) is 0 Å². The average molecular weight is 230 g/mol. The minimum absolute atomic E-state index is 0.282. The molecule has 0 aliphatic carbocycles. The zero-order valence-corrected chi connectivity index (χ0v) is 10.8. The van der Waals surface area contributed by atoms with E-state index in [0.717, 1.165) is 39.1 Å². The summed E-state index contributed by atoms with van der Waals surface area (Å²) in [6.45, 7) is 12.2. The van der Waals surface area contributed by atoms with Gasteiger partial charge in [-0.1, -0.05) is 25.9 Å². The minimum Gasteiger partial charge on any atom is -0.409 e. The summed E-state index contributed by atoms with van der Waals surface area (Å²) >= 11 is 0. The number of amidine groups is 1. The van der Waals surface area contributed by atoms with Gasteiger partial charge in [-0.25, -0.2) is 0 Å². The van der Waals surface area contributed by atoms with Gasteiger partial charge in [-0.2, -0.15) is 0 Å². The molecule has 96 valence electrons. The van der Waals surface area contributed by atoms with Crippen molar-refractivity contribution in [2.24, 2.45) is 10.9 Å². The molecule has 0 amide bonds. The van der Waals surface area contributed by atoms with Crippen molar-refractivity contribution in [1.82, 2.24) is 9.80 Å². The number of oxime groups is 1. The normalized spacial score (nSPS) is 12.7. The maximum Gasteiger partial charge on any atom is 0.153 e. The first-order valence-corrected chi connectivity index (χ1v) is 6.08. The van der Waals surface area contributed by atoms with Crippen LogP contribution in [0.3, 0.4) is 0 Å². The second-order valence-corrected chi connectivity index (χ2v) is 3.84. The lowest BCUT2D eigenvalue weighted by Crippen LogP contribution is -2.36. The highest BCUT2D eigenvalue weighted by Gasteiger charge is 2.06. The SMILES string of the molecule is CCN(CC)CCCN(CC)CC(N)=NO. The van der Waals surface area contributed by atoms with Gasteiger partial charge in [-0.3, -0.25) is 4.90 Å². The van der Waals surface area contributed by atoms with Gasteiger partial charge in [-0.15, -0.1) is 0 Å². The first kappa shape index (κ1) is 15.2. The van der Waals surface area contributed by atoms with Crippen LogP contribution < -0.4 is 5.73 Å². The summed E-state index contributed by atoms with van der Waals surface area (Å²) in [6.07, 6.45) is 1.12. The van der Waals surface area contributed by atoms with E-state index in [1.54, 1.807) is 0 Å². The van der Waals surface area contributed by atoms with Crippen molar-refractivity contribution < 1.29 is 5.21 Å². The highest BCUT2D eigenvalue weighted by molar-refractivity contribution is 5.81. The zero-order chi connectivity index (χ0) is 12.4. The third-order valence-electron chi connectivity index (χ3n) is 2.80. The van der Waals surface area contributed by atoms with Crippen molar-refractivity contribution >= 4 is 5.84 Å². The molecule has 0 aliphatic rings. The lowest BCUT2D eigenvalue weighted by Gasteiger charge is -2.22. The maximum absolute atomic E-state index is 8.50. The summed E-state index contributed by atoms with van der Waals surface area (Å²) < 4.78 is 0. The Morgan fingerprint density at radius 2 is 1.56 bits per heavy atom. The van der Waals surface area contributed by atoms with Crippen LogP contribution in [-0.4, -0.2) is 60.1 Å². The lowest BCUT2D eigenvalue weighted by atomic mass is 10.3. The predicted octanol–water partition coefficient (Wildman–Crippen LogP) is 0.787. The summed E-state index contributed by atoms with van der Waals surface area (Å²) in [7, 11) is 0. The fourth-order valence-corrected chi connectivity index (χ4v) is 1.67. The van der Waals surface area contributed by atoms with Gasteiger partial charge in [0, 0.05) is 0 Å². The van der Waals surface area contributed by atoms with Gasteiger partial charge in [0.25, 0.3) is 0 Å². The Bertz CT molecular complexity index is 192. The monoisotopic (exact) mass is 230 g/mol. The second-order valence-electron chi connectivity index (χ2n) is 3.84. The molecular weight excluding hydrogens is 204 g/mol. The van der Waals surface area contributed by atoms with Crippen LogP contribution in [0, 0.1) is 0 Å². The van der Waals surface area contributed by atoms with Crippen molar-refractivity contribution in [2.45, 2.75) is 27.2 Å². The van der Waals surface area contributed by atoms with Crippen molar-refractivity contribution in [1.29, 1.82) is 0 Å². The van der Waals surface area contributed by atoms with E-state index in [1.165, 1.54) is 0 Å². The Kier molecular flexibility index (Phi) is 8.94. The lowest BCUT2D eigenvalue weighted by molar-refractivity contribution is 0.256. The number of likely N-dealkylation sites (N-methyl/N-ethyl adjacent to an activating group) is 1.